The van der Waals surface area contributed by atoms with Gasteiger partial charge in [-0.2, -0.15) is 0 Å². The lowest BCUT2D eigenvalue weighted by Gasteiger charge is -2.29. The minimum Gasteiger partial charge on any atom is -0.462 e. The molecular formula is C14H28O3Si. The van der Waals surface area contributed by atoms with Crippen LogP contribution in [0.3, 0.4) is 0 Å². The largest absolute Gasteiger partial charge is 0.462 e. The maximum atomic E-state index is 11.2. The van der Waals surface area contributed by atoms with Crippen LogP contribution in [0.2, 0.25) is 18.1 Å². The van der Waals surface area contributed by atoms with E-state index in [9.17, 15) is 4.79 Å². The van der Waals surface area contributed by atoms with Crippen LogP contribution >= 0.6 is 0 Å². The molecule has 106 valence electrons. The molecule has 0 rings (SSSR count). The molecule has 3 nitrogen and oxygen atoms in total. The van der Waals surface area contributed by atoms with Gasteiger partial charge in [-0.1, -0.05) is 33.3 Å². The molecule has 0 radical (unpaired) electrons. The number of carbonyl (C=O) groups excluding carboxylic acids is 1. The highest BCUT2D eigenvalue weighted by Crippen LogP contribution is 2.26. The first-order valence-corrected chi connectivity index (χ1v) is 9.42. The van der Waals surface area contributed by atoms with E-state index in [1.54, 1.807) is 6.92 Å². The summed E-state index contributed by atoms with van der Waals surface area (Å²) in [6.07, 6.45) is 3.25. The summed E-state index contributed by atoms with van der Waals surface area (Å²) in [5, 5.41) is 0. The average molecular weight is 272 g/mol. The summed E-state index contributed by atoms with van der Waals surface area (Å²) in [6.45, 7) is 10.1. The molecule has 0 aromatic heterocycles. The normalized spacial score (nSPS) is 11.3. The van der Waals surface area contributed by atoms with Gasteiger partial charge in [0.25, 0.3) is 0 Å². The molecule has 0 aliphatic carbocycles. The van der Waals surface area contributed by atoms with Crippen molar-refractivity contribution in [2.45, 2.75) is 58.2 Å². The molecule has 0 aromatic carbocycles. The third-order valence-corrected chi connectivity index (χ3v) is 8.16. The predicted molar refractivity (Wildman–Crippen MR) is 78.2 cm³/mol. The standard InChI is InChI=1S/C14H28O3Si/c1-6-10-18(16-5,11-7-2)12-8-9-17-14(15)13(3)4/h3,6-12H2,1-2,4-5H3. The van der Waals surface area contributed by atoms with Crippen LogP contribution in [0.15, 0.2) is 12.2 Å². The summed E-state index contributed by atoms with van der Waals surface area (Å²) in [5.41, 5.74) is 0.465. The zero-order chi connectivity index (χ0) is 14.0. The Bertz CT molecular complexity index is 258. The molecule has 0 N–H and O–H groups in total. The van der Waals surface area contributed by atoms with E-state index in [1.165, 1.54) is 24.9 Å². The van der Waals surface area contributed by atoms with Crippen LogP contribution in [-0.4, -0.2) is 28.0 Å². The number of hydrogen-bond acceptors (Lipinski definition) is 3. The smallest absolute Gasteiger partial charge is 0.333 e. The van der Waals surface area contributed by atoms with Gasteiger partial charge in [0.15, 0.2) is 8.32 Å². The first kappa shape index (κ1) is 17.4. The lowest BCUT2D eigenvalue weighted by atomic mass is 10.4. The van der Waals surface area contributed by atoms with E-state index >= 15 is 0 Å². The number of carbonyl (C=O) groups is 1. The zero-order valence-corrected chi connectivity index (χ0v) is 13.4. The molecule has 0 saturated carbocycles. The second kappa shape index (κ2) is 9.33. The van der Waals surface area contributed by atoms with Crippen molar-refractivity contribution in [1.29, 1.82) is 0 Å². The summed E-state index contributed by atoms with van der Waals surface area (Å²) in [6, 6.07) is 3.48. The molecular weight excluding hydrogens is 244 g/mol. The Morgan fingerprint density at radius 2 is 1.72 bits per heavy atom. The fourth-order valence-electron chi connectivity index (χ4n) is 2.27. The number of rotatable bonds is 10. The van der Waals surface area contributed by atoms with E-state index in [1.807, 2.05) is 7.11 Å². The van der Waals surface area contributed by atoms with Crippen molar-refractivity contribution in [3.63, 3.8) is 0 Å². The Morgan fingerprint density at radius 3 is 2.11 bits per heavy atom. The van der Waals surface area contributed by atoms with Crippen molar-refractivity contribution < 1.29 is 14.0 Å². The van der Waals surface area contributed by atoms with Crippen LogP contribution in [0.25, 0.3) is 0 Å². The first-order chi connectivity index (χ1) is 8.51. The lowest BCUT2D eigenvalue weighted by Crippen LogP contribution is -2.36. The molecule has 0 unspecified atom stereocenters. The van der Waals surface area contributed by atoms with E-state index in [4.69, 9.17) is 9.16 Å². The van der Waals surface area contributed by atoms with Crippen LogP contribution in [0, 0.1) is 0 Å². The van der Waals surface area contributed by atoms with Crippen molar-refractivity contribution in [2.24, 2.45) is 0 Å². The zero-order valence-electron chi connectivity index (χ0n) is 12.4. The SMILES string of the molecule is C=C(C)C(=O)OCCC[Si](CCC)(CCC)OC. The third kappa shape index (κ3) is 6.35. The highest BCUT2D eigenvalue weighted by atomic mass is 28.4. The van der Waals surface area contributed by atoms with E-state index in [0.717, 1.165) is 12.5 Å². The molecule has 0 spiro atoms. The number of hydrogen-bond donors (Lipinski definition) is 0. The molecule has 0 saturated heterocycles. The Kier molecular flexibility index (Phi) is 9.02. The predicted octanol–water partition coefficient (Wildman–Crippen LogP) is 3.91. The van der Waals surface area contributed by atoms with Gasteiger partial charge in [-0.15, -0.1) is 0 Å². The van der Waals surface area contributed by atoms with Gasteiger partial charge in [-0.25, -0.2) is 4.79 Å². The monoisotopic (exact) mass is 272 g/mol. The minimum absolute atomic E-state index is 0.286. The van der Waals surface area contributed by atoms with E-state index in [-0.39, 0.29) is 5.97 Å². The van der Waals surface area contributed by atoms with Crippen molar-refractivity contribution in [3.8, 4) is 0 Å². The molecule has 0 aliphatic rings. The second-order valence-corrected chi connectivity index (χ2v) is 9.18. The molecule has 0 aromatic rings. The summed E-state index contributed by atoms with van der Waals surface area (Å²) in [5.74, 6) is -0.286. The van der Waals surface area contributed by atoms with Crippen LogP contribution in [0.4, 0.5) is 0 Å². The number of esters is 1. The third-order valence-electron chi connectivity index (χ3n) is 3.20. The van der Waals surface area contributed by atoms with Gasteiger partial charge in [-0.3, -0.25) is 0 Å². The number of ether oxygens (including phenoxy) is 1. The van der Waals surface area contributed by atoms with Crippen LogP contribution in [-0.2, 0) is 14.0 Å². The quantitative estimate of drug-likeness (QED) is 0.262. The molecule has 0 heterocycles. The Balaban J connectivity index is 4.10. The van der Waals surface area contributed by atoms with Crippen LogP contribution in [0.1, 0.15) is 40.0 Å². The van der Waals surface area contributed by atoms with Gasteiger partial charge in [0.05, 0.1) is 6.61 Å². The fourth-order valence-corrected chi connectivity index (χ4v) is 6.25. The van der Waals surface area contributed by atoms with Gasteiger partial charge in [0.1, 0.15) is 0 Å². The molecule has 0 amide bonds. The van der Waals surface area contributed by atoms with Crippen LogP contribution < -0.4 is 0 Å². The first-order valence-electron chi connectivity index (χ1n) is 6.89. The van der Waals surface area contributed by atoms with Crippen molar-refractivity contribution >= 4 is 14.3 Å². The summed E-state index contributed by atoms with van der Waals surface area (Å²) in [4.78, 5) is 11.2. The van der Waals surface area contributed by atoms with Gasteiger partial charge in [0.2, 0.25) is 0 Å². The van der Waals surface area contributed by atoms with E-state index in [0.29, 0.717) is 12.2 Å². The van der Waals surface area contributed by atoms with E-state index in [2.05, 4.69) is 20.4 Å². The van der Waals surface area contributed by atoms with Crippen molar-refractivity contribution in [2.75, 3.05) is 13.7 Å². The lowest BCUT2D eigenvalue weighted by molar-refractivity contribution is -0.138. The Hall–Kier alpha value is -0.613. The maximum absolute atomic E-state index is 11.2. The van der Waals surface area contributed by atoms with Crippen molar-refractivity contribution in [1.82, 2.24) is 0 Å². The molecule has 0 aliphatic heterocycles. The van der Waals surface area contributed by atoms with Gasteiger partial charge >= 0.3 is 5.97 Å². The summed E-state index contributed by atoms with van der Waals surface area (Å²) >= 11 is 0. The molecule has 0 fully saturated rings. The van der Waals surface area contributed by atoms with Gasteiger partial charge in [-0.05, 0) is 31.5 Å². The topological polar surface area (TPSA) is 35.5 Å². The Labute approximate surface area is 113 Å². The Morgan fingerprint density at radius 1 is 1.17 bits per heavy atom. The highest BCUT2D eigenvalue weighted by Gasteiger charge is 2.31. The van der Waals surface area contributed by atoms with E-state index < -0.39 is 8.32 Å². The maximum Gasteiger partial charge on any atom is 0.333 e. The molecule has 0 atom stereocenters. The summed E-state index contributed by atoms with van der Waals surface area (Å²) in [7, 11) is 0.262. The minimum atomic E-state index is -1.58. The average Bonchev–Trinajstić information content (AvgIpc) is 2.34. The fraction of sp³-hybridized carbons (Fsp3) is 0.786. The summed E-state index contributed by atoms with van der Waals surface area (Å²) < 4.78 is 11.0. The highest BCUT2D eigenvalue weighted by molar-refractivity contribution is 6.73. The molecule has 18 heavy (non-hydrogen) atoms. The van der Waals surface area contributed by atoms with Crippen molar-refractivity contribution in [3.05, 3.63) is 12.2 Å². The van der Waals surface area contributed by atoms with Gasteiger partial charge < -0.3 is 9.16 Å². The second-order valence-electron chi connectivity index (χ2n) is 4.91. The van der Waals surface area contributed by atoms with Crippen LogP contribution in [0.5, 0.6) is 0 Å². The molecule has 4 heteroatoms. The van der Waals surface area contributed by atoms with Gasteiger partial charge in [0, 0.05) is 12.7 Å². The molecule has 0 bridgehead atoms.